The molecule has 3 atom stereocenters. The Morgan fingerprint density at radius 2 is 1.65 bits per heavy atom. The van der Waals surface area contributed by atoms with Crippen molar-refractivity contribution >= 4 is 0 Å². The van der Waals surface area contributed by atoms with Gasteiger partial charge in [-0.1, -0.05) is 59.8 Å². The van der Waals surface area contributed by atoms with Crippen LogP contribution in [0.3, 0.4) is 0 Å². The second kappa shape index (κ2) is 11.1. The van der Waals surface area contributed by atoms with E-state index in [2.05, 4.69) is 40.1 Å². The summed E-state index contributed by atoms with van der Waals surface area (Å²) < 4.78 is 0. The number of rotatable bonds is 11. The summed E-state index contributed by atoms with van der Waals surface area (Å²) in [7, 11) is 2.07. The van der Waals surface area contributed by atoms with E-state index in [0.717, 1.165) is 17.8 Å². The third-order valence-corrected chi connectivity index (χ3v) is 4.29. The molecular formula is C16H35N. The average molecular weight is 241 g/mol. The van der Waals surface area contributed by atoms with E-state index in [9.17, 15) is 0 Å². The summed E-state index contributed by atoms with van der Waals surface area (Å²) in [6.07, 6.45) is 9.73. The van der Waals surface area contributed by atoms with Crippen molar-refractivity contribution in [3.05, 3.63) is 0 Å². The maximum Gasteiger partial charge on any atom is -0.00492 e. The smallest absolute Gasteiger partial charge is 0.00492 e. The first-order valence-corrected chi connectivity index (χ1v) is 7.80. The topological polar surface area (TPSA) is 12.0 Å². The zero-order valence-corrected chi connectivity index (χ0v) is 12.9. The van der Waals surface area contributed by atoms with Gasteiger partial charge in [0.2, 0.25) is 0 Å². The molecule has 17 heavy (non-hydrogen) atoms. The Balaban J connectivity index is 3.88. The molecule has 0 bridgehead atoms. The quantitative estimate of drug-likeness (QED) is 0.544. The van der Waals surface area contributed by atoms with E-state index >= 15 is 0 Å². The van der Waals surface area contributed by atoms with Crippen molar-refractivity contribution in [2.24, 2.45) is 17.8 Å². The summed E-state index contributed by atoms with van der Waals surface area (Å²) in [4.78, 5) is 0. The number of hydrogen-bond donors (Lipinski definition) is 1. The molecule has 1 nitrogen and oxygen atoms in total. The third-order valence-electron chi connectivity index (χ3n) is 4.29. The molecule has 0 aliphatic heterocycles. The van der Waals surface area contributed by atoms with Gasteiger partial charge in [0.25, 0.3) is 0 Å². The van der Waals surface area contributed by atoms with Gasteiger partial charge in [-0.05, 0) is 44.2 Å². The lowest BCUT2D eigenvalue weighted by atomic mass is 9.83. The lowest BCUT2D eigenvalue weighted by Crippen LogP contribution is -2.19. The molecule has 104 valence electrons. The highest BCUT2D eigenvalue weighted by molar-refractivity contribution is 4.68. The van der Waals surface area contributed by atoms with Crippen LogP contribution >= 0.6 is 0 Å². The molecule has 0 fully saturated rings. The van der Waals surface area contributed by atoms with Gasteiger partial charge in [0.05, 0.1) is 0 Å². The number of hydrogen-bond acceptors (Lipinski definition) is 1. The van der Waals surface area contributed by atoms with Crippen LogP contribution in [0.25, 0.3) is 0 Å². The van der Waals surface area contributed by atoms with Crippen molar-refractivity contribution in [3.63, 3.8) is 0 Å². The Bertz CT molecular complexity index is 156. The van der Waals surface area contributed by atoms with Gasteiger partial charge in [0, 0.05) is 0 Å². The second-order valence-corrected chi connectivity index (χ2v) is 5.86. The standard InChI is InChI=1S/C16H35N/c1-6-8-9-14(3)10-11-16(12-13-17-5)15(4)7-2/h14-17H,6-13H2,1-5H3. The Hall–Kier alpha value is -0.0400. The monoisotopic (exact) mass is 241 g/mol. The number of nitrogens with one attached hydrogen (secondary N) is 1. The average Bonchev–Trinajstić information content (AvgIpc) is 2.35. The van der Waals surface area contributed by atoms with Crippen LogP contribution in [0.1, 0.15) is 72.6 Å². The van der Waals surface area contributed by atoms with Crippen LogP contribution in [0.5, 0.6) is 0 Å². The molecule has 0 aromatic heterocycles. The highest BCUT2D eigenvalue weighted by Crippen LogP contribution is 2.26. The van der Waals surface area contributed by atoms with Crippen LogP contribution in [0.4, 0.5) is 0 Å². The molecular weight excluding hydrogens is 206 g/mol. The molecule has 0 radical (unpaired) electrons. The van der Waals surface area contributed by atoms with Gasteiger partial charge in [-0.25, -0.2) is 0 Å². The summed E-state index contributed by atoms with van der Waals surface area (Å²) in [6, 6.07) is 0. The van der Waals surface area contributed by atoms with Gasteiger partial charge in [0.15, 0.2) is 0 Å². The van der Waals surface area contributed by atoms with Crippen LogP contribution in [0.15, 0.2) is 0 Å². The van der Waals surface area contributed by atoms with E-state index in [1.54, 1.807) is 0 Å². The number of unbranched alkanes of at least 4 members (excludes halogenated alkanes) is 1. The first-order chi connectivity index (χ1) is 8.15. The van der Waals surface area contributed by atoms with E-state index in [0.29, 0.717) is 0 Å². The minimum Gasteiger partial charge on any atom is -0.320 e. The molecule has 3 unspecified atom stereocenters. The van der Waals surface area contributed by atoms with Crippen LogP contribution in [0.2, 0.25) is 0 Å². The fraction of sp³-hybridized carbons (Fsp3) is 1.00. The van der Waals surface area contributed by atoms with Gasteiger partial charge in [0.1, 0.15) is 0 Å². The van der Waals surface area contributed by atoms with Crippen molar-refractivity contribution in [3.8, 4) is 0 Å². The fourth-order valence-electron chi connectivity index (χ4n) is 2.57. The van der Waals surface area contributed by atoms with E-state index in [-0.39, 0.29) is 0 Å². The van der Waals surface area contributed by atoms with E-state index in [4.69, 9.17) is 0 Å². The first kappa shape index (κ1) is 17.0. The predicted molar refractivity (Wildman–Crippen MR) is 79.4 cm³/mol. The van der Waals surface area contributed by atoms with Crippen LogP contribution < -0.4 is 5.32 Å². The van der Waals surface area contributed by atoms with Gasteiger partial charge in [-0.2, -0.15) is 0 Å². The zero-order chi connectivity index (χ0) is 13.1. The van der Waals surface area contributed by atoms with Crippen LogP contribution in [-0.4, -0.2) is 13.6 Å². The second-order valence-electron chi connectivity index (χ2n) is 5.86. The van der Waals surface area contributed by atoms with Crippen molar-refractivity contribution in [2.45, 2.75) is 72.6 Å². The highest BCUT2D eigenvalue weighted by atomic mass is 14.8. The first-order valence-electron chi connectivity index (χ1n) is 7.80. The Kier molecular flexibility index (Phi) is 11.0. The summed E-state index contributed by atoms with van der Waals surface area (Å²) in [5.41, 5.74) is 0. The molecule has 0 amide bonds. The largest absolute Gasteiger partial charge is 0.320 e. The Labute approximate surface area is 110 Å². The van der Waals surface area contributed by atoms with Crippen molar-refractivity contribution in [1.82, 2.24) is 5.32 Å². The molecule has 1 N–H and O–H groups in total. The molecule has 0 aromatic rings. The van der Waals surface area contributed by atoms with Gasteiger partial charge >= 0.3 is 0 Å². The normalized spacial score (nSPS) is 16.8. The Morgan fingerprint density at radius 1 is 0.941 bits per heavy atom. The maximum atomic E-state index is 3.30. The molecule has 0 spiro atoms. The summed E-state index contributed by atoms with van der Waals surface area (Å²) in [6.45, 7) is 10.7. The summed E-state index contributed by atoms with van der Waals surface area (Å²) in [5.74, 6) is 2.74. The van der Waals surface area contributed by atoms with Crippen molar-refractivity contribution in [2.75, 3.05) is 13.6 Å². The maximum absolute atomic E-state index is 3.30. The SMILES string of the molecule is CCCCC(C)CCC(CCNC)C(C)CC. The van der Waals surface area contributed by atoms with Crippen molar-refractivity contribution < 1.29 is 0 Å². The van der Waals surface area contributed by atoms with Crippen LogP contribution in [0, 0.1) is 17.8 Å². The lowest BCUT2D eigenvalue weighted by molar-refractivity contribution is 0.278. The van der Waals surface area contributed by atoms with E-state index in [1.807, 2.05) is 0 Å². The predicted octanol–water partition coefficient (Wildman–Crippen LogP) is 4.86. The zero-order valence-electron chi connectivity index (χ0n) is 12.9. The molecule has 0 aliphatic rings. The molecule has 0 saturated carbocycles. The Morgan fingerprint density at radius 3 is 2.18 bits per heavy atom. The summed E-state index contributed by atoms with van der Waals surface area (Å²) >= 11 is 0. The minimum atomic E-state index is 0.890. The fourth-order valence-corrected chi connectivity index (χ4v) is 2.57. The molecule has 0 heterocycles. The van der Waals surface area contributed by atoms with E-state index < -0.39 is 0 Å². The van der Waals surface area contributed by atoms with E-state index in [1.165, 1.54) is 51.5 Å². The van der Waals surface area contributed by atoms with Crippen molar-refractivity contribution in [1.29, 1.82) is 0 Å². The lowest BCUT2D eigenvalue weighted by Gasteiger charge is -2.24. The van der Waals surface area contributed by atoms with Gasteiger partial charge in [-0.15, -0.1) is 0 Å². The molecule has 1 heteroatoms. The molecule has 0 saturated heterocycles. The molecule has 0 aliphatic carbocycles. The minimum absolute atomic E-state index is 0.890. The van der Waals surface area contributed by atoms with Gasteiger partial charge in [-0.3, -0.25) is 0 Å². The highest BCUT2D eigenvalue weighted by Gasteiger charge is 2.16. The molecule has 0 rings (SSSR count). The van der Waals surface area contributed by atoms with Gasteiger partial charge < -0.3 is 5.32 Å². The third kappa shape index (κ3) is 8.65. The summed E-state index contributed by atoms with van der Waals surface area (Å²) in [5, 5.41) is 3.30. The van der Waals surface area contributed by atoms with Crippen LogP contribution in [-0.2, 0) is 0 Å². The molecule has 0 aromatic carbocycles.